The minimum atomic E-state index is -3.34. The van der Waals surface area contributed by atoms with E-state index in [0.717, 1.165) is 18.5 Å². The molecule has 1 aromatic carbocycles. The number of rotatable bonds is 6. The summed E-state index contributed by atoms with van der Waals surface area (Å²) in [4.78, 5) is 0.343. The van der Waals surface area contributed by atoms with Crippen LogP contribution in [0.2, 0.25) is 0 Å². The average molecular weight is 268 g/mol. The van der Waals surface area contributed by atoms with Gasteiger partial charge in [-0.05, 0) is 43.0 Å². The maximum atomic E-state index is 12.0. The second-order valence-corrected chi connectivity index (χ2v) is 6.77. The van der Waals surface area contributed by atoms with E-state index in [9.17, 15) is 8.42 Å². The molecule has 1 aromatic rings. The van der Waals surface area contributed by atoms with Crippen LogP contribution in [0, 0.1) is 11.8 Å². The summed E-state index contributed by atoms with van der Waals surface area (Å²) in [5.41, 5.74) is 1.08. The molecule has 2 atom stereocenters. The van der Waals surface area contributed by atoms with E-state index in [4.69, 9.17) is 0 Å². The SMILES string of the molecule is CNCc1ccc(S(=O)(=O)NCC2CC2C)cc1. The molecule has 1 saturated carbocycles. The minimum absolute atomic E-state index is 0.343. The van der Waals surface area contributed by atoms with E-state index in [1.807, 2.05) is 19.2 Å². The molecule has 0 radical (unpaired) electrons. The smallest absolute Gasteiger partial charge is 0.240 e. The lowest BCUT2D eigenvalue weighted by molar-refractivity contribution is 0.574. The Balaban J connectivity index is 1.99. The number of nitrogens with one attached hydrogen (secondary N) is 2. The van der Waals surface area contributed by atoms with Gasteiger partial charge >= 0.3 is 0 Å². The Kier molecular flexibility index (Phi) is 4.04. The molecular weight excluding hydrogens is 248 g/mol. The maximum Gasteiger partial charge on any atom is 0.240 e. The summed E-state index contributed by atoms with van der Waals surface area (Å²) >= 11 is 0. The Morgan fingerprint density at radius 2 is 1.89 bits per heavy atom. The number of sulfonamides is 1. The first kappa shape index (κ1) is 13.5. The largest absolute Gasteiger partial charge is 0.316 e. The van der Waals surface area contributed by atoms with Gasteiger partial charge in [-0.2, -0.15) is 0 Å². The van der Waals surface area contributed by atoms with E-state index < -0.39 is 10.0 Å². The molecule has 5 heteroatoms. The molecule has 0 aromatic heterocycles. The lowest BCUT2D eigenvalue weighted by Crippen LogP contribution is -2.26. The highest BCUT2D eigenvalue weighted by Gasteiger charge is 2.33. The van der Waals surface area contributed by atoms with Crippen molar-refractivity contribution in [2.75, 3.05) is 13.6 Å². The van der Waals surface area contributed by atoms with Gasteiger partial charge in [0, 0.05) is 13.1 Å². The van der Waals surface area contributed by atoms with Crippen molar-refractivity contribution >= 4 is 10.0 Å². The van der Waals surface area contributed by atoms with Crippen LogP contribution in [-0.2, 0) is 16.6 Å². The van der Waals surface area contributed by atoms with Crippen molar-refractivity contribution in [1.82, 2.24) is 10.0 Å². The van der Waals surface area contributed by atoms with E-state index in [0.29, 0.717) is 23.3 Å². The summed E-state index contributed by atoms with van der Waals surface area (Å²) in [7, 11) is -1.48. The lowest BCUT2D eigenvalue weighted by atomic mass is 10.2. The molecule has 0 spiro atoms. The van der Waals surface area contributed by atoms with Gasteiger partial charge in [0.25, 0.3) is 0 Å². The Labute approximate surface area is 109 Å². The van der Waals surface area contributed by atoms with Gasteiger partial charge in [0.2, 0.25) is 10.0 Å². The van der Waals surface area contributed by atoms with Gasteiger partial charge in [0.1, 0.15) is 0 Å². The minimum Gasteiger partial charge on any atom is -0.316 e. The Morgan fingerprint density at radius 3 is 2.39 bits per heavy atom. The summed E-state index contributed by atoms with van der Waals surface area (Å²) in [5.74, 6) is 1.18. The van der Waals surface area contributed by atoms with Crippen LogP contribution >= 0.6 is 0 Å². The van der Waals surface area contributed by atoms with Crippen LogP contribution in [0.15, 0.2) is 29.2 Å². The summed E-state index contributed by atoms with van der Waals surface area (Å²) in [6.07, 6.45) is 1.13. The van der Waals surface area contributed by atoms with Gasteiger partial charge in [0.05, 0.1) is 4.90 Å². The first-order valence-corrected chi connectivity index (χ1v) is 7.74. The van der Waals surface area contributed by atoms with Gasteiger partial charge in [-0.25, -0.2) is 13.1 Å². The number of hydrogen-bond donors (Lipinski definition) is 2. The fourth-order valence-corrected chi connectivity index (χ4v) is 3.07. The molecule has 0 amide bonds. The van der Waals surface area contributed by atoms with Crippen LogP contribution in [0.1, 0.15) is 18.9 Å². The van der Waals surface area contributed by atoms with E-state index in [1.165, 1.54) is 0 Å². The topological polar surface area (TPSA) is 58.2 Å². The molecule has 0 bridgehead atoms. The highest BCUT2D eigenvalue weighted by atomic mass is 32.2. The van der Waals surface area contributed by atoms with E-state index in [-0.39, 0.29) is 0 Å². The van der Waals surface area contributed by atoms with Gasteiger partial charge in [-0.3, -0.25) is 0 Å². The lowest BCUT2D eigenvalue weighted by Gasteiger charge is -2.07. The summed E-state index contributed by atoms with van der Waals surface area (Å²) in [6, 6.07) is 6.99. The third kappa shape index (κ3) is 3.31. The predicted molar refractivity (Wildman–Crippen MR) is 71.7 cm³/mol. The Hall–Kier alpha value is -0.910. The Morgan fingerprint density at radius 1 is 1.28 bits per heavy atom. The molecule has 2 unspecified atom stereocenters. The molecule has 0 aliphatic heterocycles. The van der Waals surface area contributed by atoms with Gasteiger partial charge in [-0.1, -0.05) is 19.1 Å². The van der Waals surface area contributed by atoms with Crippen molar-refractivity contribution in [2.24, 2.45) is 11.8 Å². The average Bonchev–Trinajstić information content (AvgIpc) is 3.04. The third-order valence-corrected chi connectivity index (χ3v) is 4.87. The molecular formula is C13H20N2O2S. The van der Waals surface area contributed by atoms with Crippen LogP contribution < -0.4 is 10.0 Å². The van der Waals surface area contributed by atoms with Crippen LogP contribution in [0.25, 0.3) is 0 Å². The predicted octanol–water partition coefficient (Wildman–Crippen LogP) is 1.34. The molecule has 0 heterocycles. The van der Waals surface area contributed by atoms with Crippen LogP contribution in [0.5, 0.6) is 0 Å². The summed E-state index contributed by atoms with van der Waals surface area (Å²) in [5, 5.41) is 3.03. The van der Waals surface area contributed by atoms with Crippen molar-refractivity contribution in [3.05, 3.63) is 29.8 Å². The molecule has 1 fully saturated rings. The highest BCUT2D eigenvalue weighted by molar-refractivity contribution is 7.89. The zero-order valence-corrected chi connectivity index (χ0v) is 11.6. The third-order valence-electron chi connectivity index (χ3n) is 3.43. The van der Waals surface area contributed by atoms with Crippen LogP contribution in [-0.4, -0.2) is 22.0 Å². The van der Waals surface area contributed by atoms with E-state index >= 15 is 0 Å². The van der Waals surface area contributed by atoms with Crippen molar-refractivity contribution < 1.29 is 8.42 Å². The van der Waals surface area contributed by atoms with Crippen molar-refractivity contribution in [3.8, 4) is 0 Å². The van der Waals surface area contributed by atoms with E-state index in [2.05, 4.69) is 17.0 Å². The molecule has 2 N–H and O–H groups in total. The quantitative estimate of drug-likeness (QED) is 0.818. The van der Waals surface area contributed by atoms with Crippen molar-refractivity contribution in [1.29, 1.82) is 0 Å². The molecule has 100 valence electrons. The van der Waals surface area contributed by atoms with Gasteiger partial charge in [0.15, 0.2) is 0 Å². The zero-order valence-electron chi connectivity index (χ0n) is 10.8. The zero-order chi connectivity index (χ0) is 13.2. The highest BCUT2D eigenvalue weighted by Crippen LogP contribution is 2.37. The second kappa shape index (κ2) is 5.38. The second-order valence-electron chi connectivity index (χ2n) is 5.00. The fraction of sp³-hybridized carbons (Fsp3) is 0.538. The number of benzene rings is 1. The summed E-state index contributed by atoms with van der Waals surface area (Å²) in [6.45, 7) is 3.45. The van der Waals surface area contributed by atoms with Gasteiger partial charge < -0.3 is 5.32 Å². The first-order valence-electron chi connectivity index (χ1n) is 6.26. The maximum absolute atomic E-state index is 12.0. The normalized spacial score (nSPS) is 23.0. The monoisotopic (exact) mass is 268 g/mol. The number of hydrogen-bond acceptors (Lipinski definition) is 3. The van der Waals surface area contributed by atoms with Crippen LogP contribution in [0.4, 0.5) is 0 Å². The van der Waals surface area contributed by atoms with Crippen molar-refractivity contribution in [3.63, 3.8) is 0 Å². The van der Waals surface area contributed by atoms with E-state index in [1.54, 1.807) is 12.1 Å². The van der Waals surface area contributed by atoms with Crippen molar-refractivity contribution in [2.45, 2.75) is 24.8 Å². The molecule has 2 rings (SSSR count). The van der Waals surface area contributed by atoms with Crippen LogP contribution in [0.3, 0.4) is 0 Å². The summed E-state index contributed by atoms with van der Waals surface area (Å²) < 4.78 is 26.7. The standard InChI is InChI=1S/C13H20N2O2S/c1-10-7-12(10)9-15-18(16,17)13-5-3-11(4-6-13)8-14-2/h3-6,10,12,14-15H,7-9H2,1-2H3. The Bertz CT molecular complexity index is 496. The molecule has 4 nitrogen and oxygen atoms in total. The molecule has 1 aliphatic rings. The molecule has 18 heavy (non-hydrogen) atoms. The molecule has 1 aliphatic carbocycles. The molecule has 0 saturated heterocycles. The fourth-order valence-electron chi connectivity index (χ4n) is 1.97. The first-order chi connectivity index (χ1) is 8.53. The van der Waals surface area contributed by atoms with Gasteiger partial charge in [-0.15, -0.1) is 0 Å².